The number of piperazine rings is 1. The van der Waals surface area contributed by atoms with Crippen LogP contribution in [0.2, 0.25) is 0 Å². The van der Waals surface area contributed by atoms with Gasteiger partial charge < -0.3 is 9.47 Å². The van der Waals surface area contributed by atoms with Gasteiger partial charge in [-0.15, -0.1) is 0 Å². The van der Waals surface area contributed by atoms with Gasteiger partial charge in [-0.25, -0.2) is 0 Å². The third-order valence-corrected chi connectivity index (χ3v) is 7.82. The number of rotatable bonds is 5. The summed E-state index contributed by atoms with van der Waals surface area (Å²) in [5, 5.41) is 0. The van der Waals surface area contributed by atoms with E-state index in [2.05, 4.69) is 21.9 Å². The molecule has 8 nitrogen and oxygen atoms in total. The van der Waals surface area contributed by atoms with Crippen molar-refractivity contribution in [2.75, 3.05) is 60.2 Å². The van der Waals surface area contributed by atoms with Crippen LogP contribution in [0.3, 0.4) is 0 Å². The maximum absolute atomic E-state index is 12.5. The third-order valence-electron chi connectivity index (χ3n) is 5.91. The number of hydrogen-bond acceptors (Lipinski definition) is 6. The first-order chi connectivity index (χ1) is 13.4. The lowest BCUT2D eigenvalue weighted by atomic mass is 10.0. The van der Waals surface area contributed by atoms with Crippen LogP contribution in [0.5, 0.6) is 11.5 Å². The second-order valence-electron chi connectivity index (χ2n) is 7.94. The zero-order valence-corrected chi connectivity index (χ0v) is 17.5. The van der Waals surface area contributed by atoms with Gasteiger partial charge in [0.25, 0.3) is 10.2 Å². The molecule has 3 heterocycles. The number of ether oxygens (including phenoxy) is 2. The minimum absolute atomic E-state index is 0.305. The average Bonchev–Trinajstić information content (AvgIpc) is 3.16. The van der Waals surface area contributed by atoms with E-state index < -0.39 is 10.2 Å². The Morgan fingerprint density at radius 3 is 2.57 bits per heavy atom. The van der Waals surface area contributed by atoms with Crippen LogP contribution in [0.15, 0.2) is 18.2 Å². The second-order valence-corrected chi connectivity index (χ2v) is 10.1. The molecule has 1 aromatic carbocycles. The quantitative estimate of drug-likeness (QED) is 0.716. The topological polar surface area (TPSA) is 65.6 Å². The molecule has 0 N–H and O–H groups in total. The van der Waals surface area contributed by atoms with Gasteiger partial charge in [-0.2, -0.15) is 17.0 Å². The molecule has 4 rings (SSSR count). The Morgan fingerprint density at radius 1 is 1.07 bits per heavy atom. The Balaban J connectivity index is 1.30. The van der Waals surface area contributed by atoms with Gasteiger partial charge >= 0.3 is 0 Å². The first-order valence-electron chi connectivity index (χ1n) is 9.96. The Labute approximate surface area is 167 Å². The van der Waals surface area contributed by atoms with Gasteiger partial charge in [-0.05, 0) is 30.5 Å². The molecule has 0 radical (unpaired) electrons. The largest absolute Gasteiger partial charge is 0.454 e. The molecular weight excluding hydrogens is 380 g/mol. The van der Waals surface area contributed by atoms with Crippen molar-refractivity contribution >= 4 is 10.2 Å². The Morgan fingerprint density at radius 2 is 1.82 bits per heavy atom. The maximum atomic E-state index is 12.5. The summed E-state index contributed by atoms with van der Waals surface area (Å²) in [4.78, 5) is 4.92. The molecule has 156 valence electrons. The first kappa shape index (κ1) is 19.9. The van der Waals surface area contributed by atoms with E-state index >= 15 is 0 Å². The summed E-state index contributed by atoms with van der Waals surface area (Å²) in [6.07, 6.45) is 2.00. The Bertz CT molecular complexity index is 793. The molecule has 9 heteroatoms. The lowest BCUT2D eigenvalue weighted by molar-refractivity contribution is 0.0666. The van der Waals surface area contributed by atoms with E-state index in [-0.39, 0.29) is 0 Å². The van der Waals surface area contributed by atoms with E-state index in [1.54, 1.807) is 18.4 Å². The van der Waals surface area contributed by atoms with Crippen molar-refractivity contribution in [3.63, 3.8) is 0 Å². The number of hydrogen-bond donors (Lipinski definition) is 0. The fraction of sp³-hybridized carbons (Fsp3) is 0.684. The molecule has 2 fully saturated rings. The summed E-state index contributed by atoms with van der Waals surface area (Å²) in [5.74, 6) is 1.66. The van der Waals surface area contributed by atoms with Crippen LogP contribution < -0.4 is 9.47 Å². The van der Waals surface area contributed by atoms with Gasteiger partial charge in [0.15, 0.2) is 11.5 Å². The van der Waals surface area contributed by atoms with Gasteiger partial charge in [0.2, 0.25) is 6.79 Å². The van der Waals surface area contributed by atoms with E-state index in [9.17, 15) is 8.42 Å². The lowest BCUT2D eigenvalue weighted by Gasteiger charge is -2.43. The van der Waals surface area contributed by atoms with Crippen molar-refractivity contribution < 1.29 is 17.9 Å². The van der Waals surface area contributed by atoms with Crippen molar-refractivity contribution in [1.29, 1.82) is 0 Å². The lowest BCUT2D eigenvalue weighted by Crippen LogP contribution is -2.56. The smallest absolute Gasteiger partial charge is 0.281 e. The summed E-state index contributed by atoms with van der Waals surface area (Å²) < 4.78 is 38.7. The van der Waals surface area contributed by atoms with Gasteiger partial charge in [0, 0.05) is 66.0 Å². The minimum Gasteiger partial charge on any atom is -0.454 e. The molecule has 0 bridgehead atoms. The van der Waals surface area contributed by atoms with Crippen LogP contribution in [0.25, 0.3) is 0 Å². The van der Waals surface area contributed by atoms with Gasteiger partial charge in [-0.3, -0.25) is 9.80 Å². The molecule has 1 aromatic rings. The number of nitrogens with zero attached hydrogens (tertiary/aromatic N) is 4. The summed E-state index contributed by atoms with van der Waals surface area (Å²) in [5.41, 5.74) is 1.23. The van der Waals surface area contributed by atoms with Crippen molar-refractivity contribution in [3.05, 3.63) is 23.8 Å². The summed E-state index contributed by atoms with van der Waals surface area (Å²) >= 11 is 0. The average molecular weight is 411 g/mol. The number of benzene rings is 1. The van der Waals surface area contributed by atoms with Gasteiger partial charge in [0.05, 0.1) is 0 Å². The number of piperidine rings is 1. The third kappa shape index (κ3) is 4.13. The van der Waals surface area contributed by atoms with E-state index in [1.165, 1.54) is 9.87 Å². The molecule has 28 heavy (non-hydrogen) atoms. The highest BCUT2D eigenvalue weighted by molar-refractivity contribution is 7.86. The first-order valence-corrected chi connectivity index (χ1v) is 11.4. The number of fused-ring (bicyclic) bond motifs is 1. The van der Waals surface area contributed by atoms with Crippen LogP contribution in [-0.2, 0) is 16.8 Å². The van der Waals surface area contributed by atoms with Crippen molar-refractivity contribution in [3.8, 4) is 11.5 Å². The second kappa shape index (κ2) is 8.16. The molecule has 0 amide bonds. The Kier molecular flexibility index (Phi) is 5.80. The highest BCUT2D eigenvalue weighted by Crippen LogP contribution is 2.33. The van der Waals surface area contributed by atoms with Crippen LogP contribution in [0.1, 0.15) is 18.4 Å². The predicted octanol–water partition coefficient (Wildman–Crippen LogP) is 0.804. The van der Waals surface area contributed by atoms with Crippen molar-refractivity contribution in [2.45, 2.75) is 25.4 Å². The molecule has 3 aliphatic heterocycles. The molecule has 0 saturated carbocycles. The van der Waals surface area contributed by atoms with E-state index in [0.717, 1.165) is 57.1 Å². The fourth-order valence-corrected chi connectivity index (χ4v) is 5.43. The molecule has 0 aliphatic carbocycles. The SMILES string of the molecule is CN(C)S(=O)(=O)N1CCC[C@H](N2CCN(Cc3ccc4c(c3)OCO4)CC2)C1. The van der Waals surface area contributed by atoms with Gasteiger partial charge in [0.1, 0.15) is 0 Å². The monoisotopic (exact) mass is 410 g/mol. The van der Waals surface area contributed by atoms with E-state index in [0.29, 0.717) is 25.9 Å². The van der Waals surface area contributed by atoms with Crippen LogP contribution in [0.4, 0.5) is 0 Å². The molecule has 3 aliphatic rings. The maximum Gasteiger partial charge on any atom is 0.281 e. The van der Waals surface area contributed by atoms with E-state index in [1.807, 2.05) is 6.07 Å². The molecular formula is C19H30N4O4S. The van der Waals surface area contributed by atoms with Crippen LogP contribution in [0, 0.1) is 0 Å². The zero-order valence-electron chi connectivity index (χ0n) is 16.7. The van der Waals surface area contributed by atoms with Gasteiger partial charge in [-0.1, -0.05) is 6.07 Å². The molecule has 0 spiro atoms. The predicted molar refractivity (Wildman–Crippen MR) is 107 cm³/mol. The molecule has 1 atom stereocenters. The summed E-state index contributed by atoms with van der Waals surface area (Å²) in [6.45, 7) is 6.37. The molecule has 2 saturated heterocycles. The zero-order chi connectivity index (χ0) is 19.7. The fourth-order valence-electron chi connectivity index (χ4n) is 4.24. The Hall–Kier alpha value is -1.39. The molecule has 0 aromatic heterocycles. The van der Waals surface area contributed by atoms with E-state index in [4.69, 9.17) is 9.47 Å². The van der Waals surface area contributed by atoms with Crippen molar-refractivity contribution in [2.24, 2.45) is 0 Å². The standard InChI is InChI=1S/C19H30N4O4S/c1-20(2)28(24,25)23-7-3-4-17(14-23)22-10-8-21(9-11-22)13-16-5-6-18-19(12-16)27-15-26-18/h5-6,12,17H,3-4,7-11,13-15H2,1-2H3/t17-/m0/s1. The van der Waals surface area contributed by atoms with Crippen molar-refractivity contribution in [1.82, 2.24) is 18.4 Å². The minimum atomic E-state index is -3.32. The summed E-state index contributed by atoms with van der Waals surface area (Å²) in [7, 11) is -0.111. The van der Waals surface area contributed by atoms with Crippen LogP contribution in [-0.4, -0.2) is 93.0 Å². The molecule has 0 unspecified atom stereocenters. The highest BCUT2D eigenvalue weighted by Gasteiger charge is 2.34. The summed E-state index contributed by atoms with van der Waals surface area (Å²) in [6, 6.07) is 6.47. The van der Waals surface area contributed by atoms with Crippen LogP contribution >= 0.6 is 0 Å². The normalized spacial score (nSPS) is 24.8. The highest BCUT2D eigenvalue weighted by atomic mass is 32.2.